The van der Waals surface area contributed by atoms with Crippen molar-refractivity contribution in [1.82, 2.24) is 0 Å². The maximum Gasteiger partial charge on any atom is 0.207 e. The Balaban J connectivity index is 3.12. The molecule has 1 N–H and O–H groups in total. The van der Waals surface area contributed by atoms with Crippen LogP contribution in [0.3, 0.4) is 0 Å². The summed E-state index contributed by atoms with van der Waals surface area (Å²) in [5, 5.41) is 8.28. The predicted octanol–water partition coefficient (Wildman–Crippen LogP) is 1.32. The topological polar surface area (TPSA) is 46.5 Å². The van der Waals surface area contributed by atoms with Gasteiger partial charge in [-0.2, -0.15) is 8.78 Å². The van der Waals surface area contributed by atoms with Crippen molar-refractivity contribution in [3.8, 4) is 5.75 Å². The number of hydrogen-bond acceptors (Lipinski definition) is 3. The van der Waals surface area contributed by atoms with Crippen molar-refractivity contribution in [3.63, 3.8) is 0 Å². The zero-order valence-corrected chi connectivity index (χ0v) is 8.07. The highest BCUT2D eigenvalue weighted by molar-refractivity contribution is 5.80. The molecule has 0 unspecified atom stereocenters. The van der Waals surface area contributed by atoms with Crippen LogP contribution in [-0.4, -0.2) is 24.1 Å². The Morgan fingerprint density at radius 2 is 1.35 bits per heavy atom. The van der Waals surface area contributed by atoms with Crippen LogP contribution in [0, 0.1) is 29.1 Å². The summed E-state index contributed by atoms with van der Waals surface area (Å²) in [4.78, 5) is 10.6. The summed E-state index contributed by atoms with van der Waals surface area (Å²) in [6.45, 7) is -1.98. The lowest BCUT2D eigenvalue weighted by Gasteiger charge is -2.08. The van der Waals surface area contributed by atoms with Gasteiger partial charge in [0.1, 0.15) is 13.2 Å². The van der Waals surface area contributed by atoms with Crippen LogP contribution in [0.1, 0.15) is 0 Å². The molecule has 94 valence electrons. The van der Waals surface area contributed by atoms with Gasteiger partial charge in [0.05, 0.1) is 0 Å². The smallest absolute Gasteiger partial charge is 0.207 e. The molecule has 0 aromatic heterocycles. The molecule has 3 nitrogen and oxygen atoms in total. The van der Waals surface area contributed by atoms with Crippen molar-refractivity contribution in [2.24, 2.45) is 0 Å². The van der Waals surface area contributed by atoms with Crippen LogP contribution in [-0.2, 0) is 4.79 Å². The Kier molecular flexibility index (Phi) is 4.00. The summed E-state index contributed by atoms with van der Waals surface area (Å²) in [5.74, 6) is -13.5. The van der Waals surface area contributed by atoms with E-state index in [0.29, 0.717) is 0 Å². The number of carbonyl (C=O) groups excluding carboxylic acids is 1. The highest BCUT2D eigenvalue weighted by Crippen LogP contribution is 2.28. The van der Waals surface area contributed by atoms with E-state index in [9.17, 15) is 26.7 Å². The van der Waals surface area contributed by atoms with Crippen molar-refractivity contribution in [2.45, 2.75) is 0 Å². The third-order valence-corrected chi connectivity index (χ3v) is 1.72. The minimum atomic E-state index is -2.32. The lowest BCUT2D eigenvalue weighted by atomic mass is 10.2. The second-order valence-corrected chi connectivity index (χ2v) is 2.88. The molecule has 1 rings (SSSR count). The summed E-state index contributed by atoms with van der Waals surface area (Å²) in [6.07, 6.45) is 0. The maximum absolute atomic E-state index is 12.9. The maximum atomic E-state index is 12.9. The molecule has 0 radical (unpaired) electrons. The fourth-order valence-corrected chi connectivity index (χ4v) is 0.910. The third kappa shape index (κ3) is 2.52. The van der Waals surface area contributed by atoms with E-state index in [4.69, 9.17) is 5.11 Å². The Morgan fingerprint density at radius 3 is 1.76 bits per heavy atom. The molecular weight excluding hydrogens is 251 g/mol. The van der Waals surface area contributed by atoms with Crippen molar-refractivity contribution >= 4 is 5.78 Å². The van der Waals surface area contributed by atoms with Crippen LogP contribution in [0.5, 0.6) is 5.75 Å². The molecule has 0 aliphatic rings. The van der Waals surface area contributed by atoms with Crippen LogP contribution < -0.4 is 4.74 Å². The molecular formula is C9H5F5O3. The molecule has 0 aliphatic heterocycles. The first kappa shape index (κ1) is 13.4. The van der Waals surface area contributed by atoms with Gasteiger partial charge in [0.15, 0.2) is 11.5 Å². The number of ketones is 1. The van der Waals surface area contributed by atoms with E-state index >= 15 is 0 Å². The molecule has 0 fully saturated rings. The van der Waals surface area contributed by atoms with Gasteiger partial charge >= 0.3 is 0 Å². The molecule has 1 aromatic rings. The fourth-order valence-electron chi connectivity index (χ4n) is 0.910. The van der Waals surface area contributed by atoms with Crippen molar-refractivity contribution in [1.29, 1.82) is 0 Å². The number of aliphatic hydroxyl groups is 1. The van der Waals surface area contributed by atoms with Gasteiger partial charge in [0, 0.05) is 0 Å². The fraction of sp³-hybridized carbons (Fsp3) is 0.222. The van der Waals surface area contributed by atoms with Crippen LogP contribution in [0.15, 0.2) is 0 Å². The monoisotopic (exact) mass is 256 g/mol. The second-order valence-electron chi connectivity index (χ2n) is 2.88. The number of Topliss-reactive ketones (excluding diaryl/α,β-unsaturated/α-hetero) is 1. The number of ether oxygens (including phenoxy) is 1. The quantitative estimate of drug-likeness (QED) is 0.502. The van der Waals surface area contributed by atoms with Crippen LogP contribution >= 0.6 is 0 Å². The van der Waals surface area contributed by atoms with Gasteiger partial charge in [-0.3, -0.25) is 4.79 Å². The molecule has 0 saturated carbocycles. The first-order valence-corrected chi connectivity index (χ1v) is 4.17. The zero-order valence-electron chi connectivity index (χ0n) is 8.07. The van der Waals surface area contributed by atoms with Crippen molar-refractivity contribution < 1.29 is 36.6 Å². The van der Waals surface area contributed by atoms with Gasteiger partial charge in [-0.25, -0.2) is 13.2 Å². The molecule has 0 aliphatic carbocycles. The largest absolute Gasteiger partial charge is 0.479 e. The van der Waals surface area contributed by atoms with E-state index < -0.39 is 53.8 Å². The van der Waals surface area contributed by atoms with Crippen molar-refractivity contribution in [3.05, 3.63) is 29.1 Å². The van der Waals surface area contributed by atoms with Gasteiger partial charge < -0.3 is 9.84 Å². The minimum absolute atomic E-state index is 0.977. The van der Waals surface area contributed by atoms with E-state index in [2.05, 4.69) is 4.74 Å². The standard InChI is InChI=1S/C9H5F5O3/c10-4-5(11)7(13)9(8(14)6(4)12)17-2-3(16)1-15/h15H,1-2H2. The molecule has 0 atom stereocenters. The first-order valence-electron chi connectivity index (χ1n) is 4.17. The molecule has 0 amide bonds. The van der Waals surface area contributed by atoms with E-state index in [1.165, 1.54) is 0 Å². The normalized spacial score (nSPS) is 10.5. The lowest BCUT2D eigenvalue weighted by Crippen LogP contribution is -2.17. The van der Waals surface area contributed by atoms with Gasteiger partial charge in [0.25, 0.3) is 0 Å². The Morgan fingerprint density at radius 1 is 0.941 bits per heavy atom. The average Bonchev–Trinajstić information content (AvgIpc) is 2.33. The van der Waals surface area contributed by atoms with Gasteiger partial charge in [0.2, 0.25) is 29.1 Å². The third-order valence-electron chi connectivity index (χ3n) is 1.72. The minimum Gasteiger partial charge on any atom is -0.479 e. The summed E-state index contributed by atoms with van der Waals surface area (Å²) < 4.78 is 67.8. The number of halogens is 5. The van der Waals surface area contributed by atoms with Gasteiger partial charge in [-0.1, -0.05) is 0 Å². The van der Waals surface area contributed by atoms with Crippen LogP contribution in [0.4, 0.5) is 22.0 Å². The number of benzene rings is 1. The molecule has 1 aromatic carbocycles. The summed E-state index contributed by atoms with van der Waals surface area (Å²) >= 11 is 0. The Bertz CT molecular complexity index is 431. The molecule has 8 heteroatoms. The molecule has 0 bridgehead atoms. The van der Waals surface area contributed by atoms with Gasteiger partial charge in [-0.15, -0.1) is 0 Å². The van der Waals surface area contributed by atoms with E-state index in [1.54, 1.807) is 0 Å². The first-order chi connectivity index (χ1) is 7.90. The average molecular weight is 256 g/mol. The SMILES string of the molecule is O=C(CO)COc1c(F)c(F)c(F)c(F)c1F. The summed E-state index contributed by atoms with van der Waals surface area (Å²) in [6, 6.07) is 0. The second kappa shape index (κ2) is 5.09. The summed E-state index contributed by atoms with van der Waals surface area (Å²) in [7, 11) is 0. The zero-order chi connectivity index (χ0) is 13.2. The number of hydrogen-bond donors (Lipinski definition) is 1. The molecule has 0 spiro atoms. The highest BCUT2D eigenvalue weighted by Gasteiger charge is 2.27. The van der Waals surface area contributed by atoms with Crippen molar-refractivity contribution in [2.75, 3.05) is 13.2 Å². The highest BCUT2D eigenvalue weighted by atomic mass is 19.2. The van der Waals surface area contributed by atoms with E-state index in [-0.39, 0.29) is 0 Å². The Hall–Kier alpha value is -1.70. The summed E-state index contributed by atoms with van der Waals surface area (Å²) in [5.41, 5.74) is 0. The van der Waals surface area contributed by atoms with Gasteiger partial charge in [-0.05, 0) is 0 Å². The van der Waals surface area contributed by atoms with Crippen LogP contribution in [0.25, 0.3) is 0 Å². The number of rotatable bonds is 4. The predicted molar refractivity (Wildman–Crippen MR) is 43.8 cm³/mol. The number of carbonyl (C=O) groups is 1. The van der Waals surface area contributed by atoms with Crippen LogP contribution in [0.2, 0.25) is 0 Å². The Labute approximate surface area is 91.4 Å². The van der Waals surface area contributed by atoms with E-state index in [0.717, 1.165) is 0 Å². The molecule has 0 saturated heterocycles. The molecule has 0 heterocycles. The van der Waals surface area contributed by atoms with E-state index in [1.807, 2.05) is 0 Å². The lowest BCUT2D eigenvalue weighted by molar-refractivity contribution is -0.123. The number of aliphatic hydroxyl groups excluding tert-OH is 1. The molecule has 17 heavy (non-hydrogen) atoms.